The van der Waals surface area contributed by atoms with E-state index in [1.54, 1.807) is 27.7 Å². The van der Waals surface area contributed by atoms with Gasteiger partial charge in [0, 0.05) is 0 Å². The van der Waals surface area contributed by atoms with Gasteiger partial charge in [0.25, 0.3) is 5.56 Å². The van der Waals surface area contributed by atoms with Crippen molar-refractivity contribution in [3.8, 4) is 0 Å². The number of esters is 2. The predicted molar refractivity (Wildman–Crippen MR) is 90.5 cm³/mol. The summed E-state index contributed by atoms with van der Waals surface area (Å²) in [6, 6.07) is -0.736. The number of fused-ring (bicyclic) bond motifs is 1. The van der Waals surface area contributed by atoms with E-state index in [2.05, 4.69) is 4.98 Å². The van der Waals surface area contributed by atoms with Crippen LogP contribution in [-0.2, 0) is 14.3 Å². The Morgan fingerprint density at radius 1 is 1.25 bits per heavy atom. The highest BCUT2D eigenvalue weighted by Crippen LogP contribution is 2.28. The zero-order valence-electron chi connectivity index (χ0n) is 14.1. The quantitative estimate of drug-likeness (QED) is 0.742. The lowest BCUT2D eigenvalue weighted by molar-refractivity contribution is -0.147. The van der Waals surface area contributed by atoms with E-state index in [9.17, 15) is 14.4 Å². The van der Waals surface area contributed by atoms with Gasteiger partial charge in [-0.2, -0.15) is 0 Å². The summed E-state index contributed by atoms with van der Waals surface area (Å²) in [5.74, 6) is -0.942. The average molecular weight is 352 g/mol. The summed E-state index contributed by atoms with van der Waals surface area (Å²) in [6.07, 6.45) is 1.74. The number of aryl methyl sites for hydroxylation is 1. The van der Waals surface area contributed by atoms with Crippen LogP contribution in [0, 0.1) is 6.92 Å². The van der Waals surface area contributed by atoms with Gasteiger partial charge in [-0.1, -0.05) is 6.92 Å². The minimum Gasteiger partial charge on any atom is -0.464 e. The third-order valence-electron chi connectivity index (χ3n) is 3.62. The van der Waals surface area contributed by atoms with Gasteiger partial charge in [0.05, 0.1) is 24.9 Å². The Morgan fingerprint density at radius 3 is 2.50 bits per heavy atom. The van der Waals surface area contributed by atoms with Gasteiger partial charge in [-0.15, -0.1) is 11.3 Å². The van der Waals surface area contributed by atoms with Gasteiger partial charge in [0.15, 0.2) is 0 Å². The normalized spacial score (nSPS) is 12.2. The van der Waals surface area contributed by atoms with Gasteiger partial charge in [0.2, 0.25) is 0 Å². The molecule has 2 aromatic rings. The topological polar surface area (TPSA) is 87.5 Å². The van der Waals surface area contributed by atoms with Crippen LogP contribution in [0.15, 0.2) is 11.1 Å². The van der Waals surface area contributed by atoms with E-state index in [0.717, 1.165) is 11.3 Å². The molecular formula is C16H20N2O5S. The SMILES string of the molecule is CCOC(=O)c1sc2ncn([C@H](CC)C(=O)OCC)c(=O)c2c1C. The van der Waals surface area contributed by atoms with Crippen LogP contribution in [0.1, 0.15) is 48.5 Å². The molecule has 0 aromatic carbocycles. The van der Waals surface area contributed by atoms with Gasteiger partial charge in [-0.25, -0.2) is 14.6 Å². The van der Waals surface area contributed by atoms with Crippen molar-refractivity contribution < 1.29 is 19.1 Å². The highest BCUT2D eigenvalue weighted by atomic mass is 32.1. The summed E-state index contributed by atoms with van der Waals surface area (Å²) < 4.78 is 11.3. The van der Waals surface area contributed by atoms with E-state index >= 15 is 0 Å². The van der Waals surface area contributed by atoms with Gasteiger partial charge in [0.1, 0.15) is 15.7 Å². The minimum absolute atomic E-state index is 0.240. The molecule has 0 aliphatic rings. The standard InChI is InChI=1S/C16H20N2O5S/c1-5-10(15(20)22-6-2)18-8-17-13-11(14(18)19)9(4)12(24-13)16(21)23-7-3/h8,10H,5-7H2,1-4H3/t10-/m1/s1. The molecular weight excluding hydrogens is 332 g/mol. The number of hydrogen-bond donors (Lipinski definition) is 0. The molecule has 0 saturated heterocycles. The maximum Gasteiger partial charge on any atom is 0.348 e. The smallest absolute Gasteiger partial charge is 0.348 e. The number of nitrogens with zero attached hydrogens (tertiary/aromatic N) is 2. The Bertz CT molecular complexity index is 824. The van der Waals surface area contributed by atoms with Crippen LogP contribution in [0.2, 0.25) is 0 Å². The summed E-state index contributed by atoms with van der Waals surface area (Å²) in [7, 11) is 0. The number of ether oxygens (including phenoxy) is 2. The molecule has 130 valence electrons. The van der Waals surface area contributed by atoms with Gasteiger partial charge in [-0.3, -0.25) is 9.36 Å². The zero-order valence-corrected chi connectivity index (χ0v) is 14.9. The highest BCUT2D eigenvalue weighted by molar-refractivity contribution is 7.20. The summed E-state index contributed by atoms with van der Waals surface area (Å²) >= 11 is 1.12. The van der Waals surface area contributed by atoms with Gasteiger partial charge >= 0.3 is 11.9 Å². The van der Waals surface area contributed by atoms with Crippen LogP contribution >= 0.6 is 11.3 Å². The van der Waals surface area contributed by atoms with E-state index < -0.39 is 18.0 Å². The Hall–Kier alpha value is -2.22. The van der Waals surface area contributed by atoms with E-state index in [1.807, 2.05) is 0 Å². The molecule has 0 bridgehead atoms. The highest BCUT2D eigenvalue weighted by Gasteiger charge is 2.25. The van der Waals surface area contributed by atoms with Gasteiger partial charge in [-0.05, 0) is 32.8 Å². The second kappa shape index (κ2) is 7.57. The van der Waals surface area contributed by atoms with Crippen molar-refractivity contribution in [1.82, 2.24) is 9.55 Å². The van der Waals surface area contributed by atoms with Crippen LogP contribution in [0.25, 0.3) is 10.2 Å². The summed E-state index contributed by atoms with van der Waals surface area (Å²) in [6.45, 7) is 7.40. The van der Waals surface area contributed by atoms with E-state index in [1.165, 1.54) is 10.9 Å². The van der Waals surface area contributed by atoms with Crippen LogP contribution in [0.3, 0.4) is 0 Å². The first-order valence-electron chi connectivity index (χ1n) is 7.80. The van der Waals surface area contributed by atoms with E-state index in [-0.39, 0.29) is 18.8 Å². The van der Waals surface area contributed by atoms with Crippen molar-refractivity contribution >= 4 is 33.5 Å². The third kappa shape index (κ3) is 3.19. The maximum absolute atomic E-state index is 12.8. The fourth-order valence-electron chi connectivity index (χ4n) is 2.47. The fraction of sp³-hybridized carbons (Fsp3) is 0.500. The van der Waals surface area contributed by atoms with Crippen molar-refractivity contribution in [2.45, 2.75) is 40.2 Å². The van der Waals surface area contributed by atoms with Crippen molar-refractivity contribution in [2.24, 2.45) is 0 Å². The molecule has 8 heteroatoms. The van der Waals surface area contributed by atoms with Crippen molar-refractivity contribution in [3.63, 3.8) is 0 Å². The molecule has 2 rings (SSSR count). The van der Waals surface area contributed by atoms with E-state index in [4.69, 9.17) is 9.47 Å². The number of aromatic nitrogens is 2. The fourth-order valence-corrected chi connectivity index (χ4v) is 3.50. The maximum atomic E-state index is 12.8. The van der Waals surface area contributed by atoms with Crippen molar-refractivity contribution in [1.29, 1.82) is 0 Å². The lowest BCUT2D eigenvalue weighted by atomic mass is 10.2. The van der Waals surface area contributed by atoms with Crippen molar-refractivity contribution in [2.75, 3.05) is 13.2 Å². The lowest BCUT2D eigenvalue weighted by Crippen LogP contribution is -2.31. The number of carbonyl (C=O) groups is 2. The number of hydrogen-bond acceptors (Lipinski definition) is 7. The Labute approximate surface area is 143 Å². The average Bonchev–Trinajstić information content (AvgIpc) is 2.88. The first-order valence-corrected chi connectivity index (χ1v) is 8.61. The van der Waals surface area contributed by atoms with Crippen LogP contribution in [0.4, 0.5) is 0 Å². The Morgan fingerprint density at radius 2 is 1.92 bits per heavy atom. The van der Waals surface area contributed by atoms with Crippen LogP contribution in [0.5, 0.6) is 0 Å². The molecule has 0 fully saturated rings. The predicted octanol–water partition coefficient (Wildman–Crippen LogP) is 2.46. The number of thiophene rings is 1. The molecule has 2 heterocycles. The minimum atomic E-state index is -0.736. The zero-order chi connectivity index (χ0) is 17.9. The van der Waals surface area contributed by atoms with Gasteiger partial charge < -0.3 is 9.47 Å². The Balaban J connectivity index is 2.58. The molecule has 0 spiro atoms. The largest absolute Gasteiger partial charge is 0.464 e. The molecule has 0 amide bonds. The summed E-state index contributed by atoms with van der Waals surface area (Å²) in [5.41, 5.74) is 0.170. The second-order valence-corrected chi connectivity index (χ2v) is 6.09. The molecule has 0 N–H and O–H groups in total. The summed E-state index contributed by atoms with van der Waals surface area (Å²) in [4.78, 5) is 41.9. The van der Waals surface area contributed by atoms with Crippen molar-refractivity contribution in [3.05, 3.63) is 27.1 Å². The lowest BCUT2D eigenvalue weighted by Gasteiger charge is -2.16. The molecule has 0 saturated carbocycles. The third-order valence-corrected chi connectivity index (χ3v) is 4.80. The number of carbonyl (C=O) groups excluding carboxylic acids is 2. The molecule has 0 aliphatic carbocycles. The second-order valence-electron chi connectivity index (χ2n) is 5.09. The van der Waals surface area contributed by atoms with Crippen LogP contribution in [-0.4, -0.2) is 34.7 Å². The molecule has 24 heavy (non-hydrogen) atoms. The molecule has 7 nitrogen and oxygen atoms in total. The molecule has 2 aromatic heterocycles. The number of rotatable bonds is 6. The molecule has 1 atom stereocenters. The first-order chi connectivity index (χ1) is 11.5. The first kappa shape index (κ1) is 18.1. The van der Waals surface area contributed by atoms with Crippen LogP contribution < -0.4 is 5.56 Å². The monoisotopic (exact) mass is 352 g/mol. The molecule has 0 radical (unpaired) electrons. The molecule has 0 aliphatic heterocycles. The summed E-state index contributed by atoms with van der Waals surface area (Å²) in [5, 5.41) is 0.341. The Kier molecular flexibility index (Phi) is 5.71. The molecule has 0 unspecified atom stereocenters. The van der Waals surface area contributed by atoms with E-state index in [0.29, 0.717) is 27.1 Å².